The third-order valence-corrected chi connectivity index (χ3v) is 2.00. The van der Waals surface area contributed by atoms with E-state index in [9.17, 15) is 0 Å². The molecular formula is C6H5BrClNO2. The zero-order valence-electron chi connectivity index (χ0n) is 5.33. The minimum atomic E-state index is -1.52. The van der Waals surface area contributed by atoms with Gasteiger partial charge >= 0.3 is 0 Å². The summed E-state index contributed by atoms with van der Waals surface area (Å²) in [5.74, 6) is 0. The molecule has 0 atom stereocenters. The molecule has 1 heterocycles. The lowest BCUT2D eigenvalue weighted by Gasteiger charge is -2.05. The average Bonchev–Trinajstić information content (AvgIpc) is 1.94. The average molecular weight is 238 g/mol. The Morgan fingerprint density at radius 3 is 2.64 bits per heavy atom. The van der Waals surface area contributed by atoms with Crippen LogP contribution in [0.5, 0.6) is 0 Å². The maximum Gasteiger partial charge on any atom is 0.179 e. The number of halogens is 2. The van der Waals surface area contributed by atoms with Crippen LogP contribution in [0.25, 0.3) is 0 Å². The van der Waals surface area contributed by atoms with Crippen LogP contribution in [0.3, 0.4) is 0 Å². The first-order valence-electron chi connectivity index (χ1n) is 2.78. The van der Waals surface area contributed by atoms with Crippen molar-refractivity contribution in [1.82, 2.24) is 4.98 Å². The van der Waals surface area contributed by atoms with E-state index in [0.29, 0.717) is 10.0 Å². The number of aliphatic hydroxyl groups excluding tert-OH is 1. The van der Waals surface area contributed by atoms with Crippen LogP contribution >= 0.6 is 27.5 Å². The van der Waals surface area contributed by atoms with Gasteiger partial charge < -0.3 is 10.2 Å². The fourth-order valence-corrected chi connectivity index (χ4v) is 1.21. The Bertz CT molecular complexity index is 267. The first kappa shape index (κ1) is 8.93. The maximum atomic E-state index is 8.77. The lowest BCUT2D eigenvalue weighted by atomic mass is 10.3. The topological polar surface area (TPSA) is 53.4 Å². The van der Waals surface area contributed by atoms with Gasteiger partial charge in [0.2, 0.25) is 0 Å². The van der Waals surface area contributed by atoms with E-state index in [-0.39, 0.29) is 5.15 Å². The summed E-state index contributed by atoms with van der Waals surface area (Å²) in [5, 5.41) is 17.8. The third kappa shape index (κ3) is 2.13. The second-order valence-electron chi connectivity index (χ2n) is 1.90. The zero-order chi connectivity index (χ0) is 8.43. The van der Waals surface area contributed by atoms with Crippen LogP contribution in [0.15, 0.2) is 16.7 Å². The van der Waals surface area contributed by atoms with Gasteiger partial charge in [-0.3, -0.25) is 0 Å². The molecule has 5 heteroatoms. The van der Waals surface area contributed by atoms with Crippen LogP contribution in [0.4, 0.5) is 0 Å². The summed E-state index contributed by atoms with van der Waals surface area (Å²) in [6.45, 7) is 0. The molecule has 60 valence electrons. The predicted octanol–water partition coefficient (Wildman–Crippen LogP) is 1.48. The summed E-state index contributed by atoms with van der Waals surface area (Å²) in [7, 11) is 0. The molecule has 0 aliphatic rings. The lowest BCUT2D eigenvalue weighted by molar-refractivity contribution is -0.0430. The summed E-state index contributed by atoms with van der Waals surface area (Å²) in [6.07, 6.45) is -0.109. The second-order valence-corrected chi connectivity index (χ2v) is 3.14. The number of nitrogens with zero attached hydrogens (tertiary/aromatic N) is 1. The number of aliphatic hydroxyl groups is 2. The number of pyridine rings is 1. The van der Waals surface area contributed by atoms with Gasteiger partial charge in [-0.05, 0) is 22.0 Å². The Morgan fingerprint density at radius 2 is 2.18 bits per heavy atom. The fraction of sp³-hybridized carbons (Fsp3) is 0.167. The summed E-state index contributed by atoms with van der Waals surface area (Å²) in [5.41, 5.74) is 0.310. The van der Waals surface area contributed by atoms with Gasteiger partial charge in [0.15, 0.2) is 6.29 Å². The van der Waals surface area contributed by atoms with Crippen LogP contribution in [-0.4, -0.2) is 15.2 Å². The van der Waals surface area contributed by atoms with Crippen LogP contribution in [0.1, 0.15) is 11.9 Å². The van der Waals surface area contributed by atoms with Crippen LogP contribution in [-0.2, 0) is 0 Å². The van der Waals surface area contributed by atoms with Crippen molar-refractivity contribution in [2.24, 2.45) is 0 Å². The van der Waals surface area contributed by atoms with Crippen molar-refractivity contribution in [3.05, 3.63) is 27.5 Å². The molecule has 0 amide bonds. The molecule has 1 aromatic heterocycles. The molecule has 0 radical (unpaired) electrons. The number of hydrogen-bond donors (Lipinski definition) is 2. The summed E-state index contributed by atoms with van der Waals surface area (Å²) in [4.78, 5) is 3.72. The van der Waals surface area contributed by atoms with E-state index in [0.717, 1.165) is 0 Å². The monoisotopic (exact) mass is 237 g/mol. The molecule has 2 N–H and O–H groups in total. The van der Waals surface area contributed by atoms with Crippen molar-refractivity contribution in [3.8, 4) is 0 Å². The largest absolute Gasteiger partial charge is 0.364 e. The number of rotatable bonds is 1. The Morgan fingerprint density at radius 1 is 1.55 bits per heavy atom. The predicted molar refractivity (Wildman–Crippen MR) is 44.1 cm³/mol. The highest BCUT2D eigenvalue weighted by Gasteiger charge is 2.07. The quantitative estimate of drug-likeness (QED) is 0.576. The van der Waals surface area contributed by atoms with Gasteiger partial charge in [0.1, 0.15) is 5.15 Å². The van der Waals surface area contributed by atoms with E-state index in [1.54, 1.807) is 0 Å². The molecule has 0 unspecified atom stereocenters. The van der Waals surface area contributed by atoms with Crippen molar-refractivity contribution < 1.29 is 10.2 Å². The molecule has 3 nitrogen and oxygen atoms in total. The Labute approximate surface area is 76.8 Å². The molecular weight excluding hydrogens is 233 g/mol. The fourth-order valence-electron chi connectivity index (χ4n) is 0.625. The smallest absolute Gasteiger partial charge is 0.179 e. The second kappa shape index (κ2) is 3.49. The Hall–Kier alpha value is -0.160. The Balaban J connectivity index is 3.13. The van der Waals surface area contributed by atoms with E-state index in [1.807, 2.05) is 0 Å². The number of hydrogen-bond acceptors (Lipinski definition) is 3. The first-order chi connectivity index (χ1) is 5.11. The molecule has 0 saturated heterocycles. The number of aromatic nitrogens is 1. The van der Waals surface area contributed by atoms with E-state index < -0.39 is 6.29 Å². The van der Waals surface area contributed by atoms with E-state index in [1.165, 1.54) is 12.3 Å². The molecule has 0 aliphatic heterocycles. The summed E-state index contributed by atoms with van der Waals surface area (Å²) >= 11 is 8.60. The molecule has 0 fully saturated rings. The van der Waals surface area contributed by atoms with Gasteiger partial charge in [0.25, 0.3) is 0 Å². The van der Waals surface area contributed by atoms with E-state index in [4.69, 9.17) is 21.8 Å². The SMILES string of the molecule is OC(O)c1cc(Cl)ncc1Br. The van der Waals surface area contributed by atoms with Crippen molar-refractivity contribution in [3.63, 3.8) is 0 Å². The van der Waals surface area contributed by atoms with Gasteiger partial charge in [-0.1, -0.05) is 11.6 Å². The minimum absolute atomic E-state index is 0.233. The first-order valence-corrected chi connectivity index (χ1v) is 3.95. The van der Waals surface area contributed by atoms with Gasteiger partial charge in [0, 0.05) is 16.2 Å². The van der Waals surface area contributed by atoms with E-state index >= 15 is 0 Å². The van der Waals surface area contributed by atoms with Crippen molar-refractivity contribution in [1.29, 1.82) is 0 Å². The van der Waals surface area contributed by atoms with Crippen molar-refractivity contribution >= 4 is 27.5 Å². The zero-order valence-corrected chi connectivity index (χ0v) is 7.67. The molecule has 1 aromatic rings. The molecule has 0 spiro atoms. The summed E-state index contributed by atoms with van der Waals surface area (Å²) in [6, 6.07) is 1.39. The van der Waals surface area contributed by atoms with Gasteiger partial charge in [0.05, 0.1) is 0 Å². The molecule has 0 aliphatic carbocycles. The highest BCUT2D eigenvalue weighted by Crippen LogP contribution is 2.23. The Kier molecular flexibility index (Phi) is 2.84. The van der Waals surface area contributed by atoms with E-state index in [2.05, 4.69) is 20.9 Å². The van der Waals surface area contributed by atoms with Crippen LogP contribution in [0.2, 0.25) is 5.15 Å². The molecule has 1 rings (SSSR count). The van der Waals surface area contributed by atoms with Crippen LogP contribution in [0, 0.1) is 0 Å². The standard InChI is InChI=1S/C6H5BrClNO2/c7-4-2-9-5(8)1-3(4)6(10)11/h1-2,6,10-11H. The highest BCUT2D eigenvalue weighted by atomic mass is 79.9. The van der Waals surface area contributed by atoms with Gasteiger partial charge in [-0.25, -0.2) is 4.98 Å². The summed E-state index contributed by atoms with van der Waals surface area (Å²) < 4.78 is 0.525. The highest BCUT2D eigenvalue weighted by molar-refractivity contribution is 9.10. The molecule has 0 aromatic carbocycles. The lowest BCUT2D eigenvalue weighted by Crippen LogP contribution is -1.96. The van der Waals surface area contributed by atoms with Crippen LogP contribution < -0.4 is 0 Å². The van der Waals surface area contributed by atoms with Gasteiger partial charge in [-0.2, -0.15) is 0 Å². The third-order valence-electron chi connectivity index (χ3n) is 1.13. The maximum absolute atomic E-state index is 8.77. The van der Waals surface area contributed by atoms with Crippen molar-refractivity contribution in [2.45, 2.75) is 6.29 Å². The molecule has 0 bridgehead atoms. The normalized spacial score (nSPS) is 10.6. The van der Waals surface area contributed by atoms with Crippen molar-refractivity contribution in [2.75, 3.05) is 0 Å². The minimum Gasteiger partial charge on any atom is -0.364 e. The molecule has 0 saturated carbocycles. The van der Waals surface area contributed by atoms with Gasteiger partial charge in [-0.15, -0.1) is 0 Å². The molecule has 11 heavy (non-hydrogen) atoms.